The lowest BCUT2D eigenvalue weighted by Crippen LogP contribution is -2.44. The maximum Gasteiger partial charge on any atom is 0.261 e. The lowest BCUT2D eigenvalue weighted by molar-refractivity contribution is 0.00529. The van der Waals surface area contributed by atoms with Crippen molar-refractivity contribution in [1.82, 2.24) is 5.32 Å². The first-order chi connectivity index (χ1) is 7.70. The highest BCUT2D eigenvalue weighted by molar-refractivity contribution is 7.12. The van der Waals surface area contributed by atoms with E-state index in [9.17, 15) is 9.90 Å². The fourth-order valence-corrected chi connectivity index (χ4v) is 2.77. The maximum atomic E-state index is 11.7. The van der Waals surface area contributed by atoms with Crippen molar-refractivity contribution in [3.05, 3.63) is 22.4 Å². The van der Waals surface area contributed by atoms with Gasteiger partial charge in [-0.15, -0.1) is 11.3 Å². The molecular formula is C12H17NO2S. The summed E-state index contributed by atoms with van der Waals surface area (Å²) in [6.45, 7) is 0.379. The van der Waals surface area contributed by atoms with Crippen molar-refractivity contribution in [3.8, 4) is 0 Å². The Labute approximate surface area is 99.5 Å². The molecule has 1 amide bonds. The van der Waals surface area contributed by atoms with Gasteiger partial charge < -0.3 is 10.4 Å². The lowest BCUT2D eigenvalue weighted by Gasteiger charge is -2.32. The van der Waals surface area contributed by atoms with Gasteiger partial charge in [-0.3, -0.25) is 4.79 Å². The van der Waals surface area contributed by atoms with Crippen LogP contribution in [0.4, 0.5) is 0 Å². The second-order valence-corrected chi connectivity index (χ2v) is 5.39. The molecule has 0 saturated heterocycles. The monoisotopic (exact) mass is 239 g/mol. The molecule has 2 N–H and O–H groups in total. The van der Waals surface area contributed by atoms with E-state index >= 15 is 0 Å². The molecule has 88 valence electrons. The van der Waals surface area contributed by atoms with Gasteiger partial charge >= 0.3 is 0 Å². The SMILES string of the molecule is O=C(NCC1(O)CCCCC1)c1cccs1. The first kappa shape index (κ1) is 11.6. The Morgan fingerprint density at radius 3 is 2.81 bits per heavy atom. The van der Waals surface area contributed by atoms with Crippen molar-refractivity contribution in [1.29, 1.82) is 0 Å². The van der Waals surface area contributed by atoms with Crippen LogP contribution in [0, 0.1) is 0 Å². The minimum Gasteiger partial charge on any atom is -0.388 e. The fourth-order valence-electron chi connectivity index (χ4n) is 2.13. The van der Waals surface area contributed by atoms with Crippen LogP contribution >= 0.6 is 11.3 Å². The number of hydrogen-bond acceptors (Lipinski definition) is 3. The van der Waals surface area contributed by atoms with Gasteiger partial charge in [0.25, 0.3) is 5.91 Å². The third kappa shape index (κ3) is 2.83. The topological polar surface area (TPSA) is 49.3 Å². The van der Waals surface area contributed by atoms with Gasteiger partial charge in [0, 0.05) is 6.54 Å². The first-order valence-electron chi connectivity index (χ1n) is 5.74. The average molecular weight is 239 g/mol. The number of hydrogen-bond donors (Lipinski definition) is 2. The number of rotatable bonds is 3. The minimum atomic E-state index is -0.675. The van der Waals surface area contributed by atoms with E-state index in [4.69, 9.17) is 0 Å². The highest BCUT2D eigenvalue weighted by atomic mass is 32.1. The van der Waals surface area contributed by atoms with Crippen LogP contribution in [0.15, 0.2) is 17.5 Å². The lowest BCUT2D eigenvalue weighted by atomic mass is 9.85. The molecule has 1 heterocycles. The number of nitrogens with one attached hydrogen (secondary N) is 1. The fraction of sp³-hybridized carbons (Fsp3) is 0.583. The number of carbonyl (C=O) groups excluding carboxylic acids is 1. The molecule has 0 radical (unpaired) electrons. The summed E-state index contributed by atoms with van der Waals surface area (Å²) < 4.78 is 0. The summed E-state index contributed by atoms with van der Waals surface area (Å²) >= 11 is 1.42. The van der Waals surface area contributed by atoms with Crippen LogP contribution in [0.2, 0.25) is 0 Å². The van der Waals surface area contributed by atoms with Gasteiger partial charge in [0.15, 0.2) is 0 Å². The van der Waals surface area contributed by atoms with Crippen molar-refractivity contribution >= 4 is 17.2 Å². The van der Waals surface area contributed by atoms with Gasteiger partial charge in [0.1, 0.15) is 0 Å². The van der Waals surface area contributed by atoms with Gasteiger partial charge in [-0.25, -0.2) is 0 Å². The molecule has 1 aromatic rings. The highest BCUT2D eigenvalue weighted by Gasteiger charge is 2.29. The highest BCUT2D eigenvalue weighted by Crippen LogP contribution is 2.27. The van der Waals surface area contributed by atoms with E-state index in [0.29, 0.717) is 11.4 Å². The maximum absolute atomic E-state index is 11.7. The Morgan fingerprint density at radius 2 is 2.19 bits per heavy atom. The molecule has 4 heteroatoms. The Morgan fingerprint density at radius 1 is 1.44 bits per heavy atom. The Balaban J connectivity index is 1.84. The second-order valence-electron chi connectivity index (χ2n) is 4.44. The summed E-state index contributed by atoms with van der Waals surface area (Å²) in [5.74, 6) is -0.0750. The molecule has 1 aliphatic rings. The van der Waals surface area contributed by atoms with Crippen LogP contribution in [0.3, 0.4) is 0 Å². The van der Waals surface area contributed by atoms with Crippen molar-refractivity contribution < 1.29 is 9.90 Å². The normalized spacial score (nSPS) is 19.3. The van der Waals surface area contributed by atoms with E-state index in [1.54, 1.807) is 6.07 Å². The third-order valence-electron chi connectivity index (χ3n) is 3.11. The number of thiophene rings is 1. The number of aliphatic hydroxyl groups is 1. The molecule has 2 rings (SSSR count). The van der Waals surface area contributed by atoms with Gasteiger partial charge in [-0.1, -0.05) is 25.3 Å². The molecule has 0 spiro atoms. The molecule has 0 bridgehead atoms. The minimum absolute atomic E-state index is 0.0750. The van der Waals surface area contributed by atoms with Gasteiger partial charge in [-0.05, 0) is 24.3 Å². The van der Waals surface area contributed by atoms with Gasteiger partial charge in [0.2, 0.25) is 0 Å². The van der Waals surface area contributed by atoms with E-state index in [2.05, 4.69) is 5.32 Å². The summed E-state index contributed by atoms with van der Waals surface area (Å²) in [4.78, 5) is 12.4. The zero-order valence-corrected chi connectivity index (χ0v) is 10.1. The number of amides is 1. The number of carbonyl (C=O) groups is 1. The summed E-state index contributed by atoms with van der Waals surface area (Å²) in [6.07, 6.45) is 4.92. The Hall–Kier alpha value is -0.870. The van der Waals surface area contributed by atoms with Crippen molar-refractivity contribution in [2.45, 2.75) is 37.7 Å². The van der Waals surface area contributed by atoms with E-state index in [1.807, 2.05) is 11.4 Å². The van der Waals surface area contributed by atoms with E-state index in [1.165, 1.54) is 17.8 Å². The van der Waals surface area contributed by atoms with Crippen LogP contribution < -0.4 is 5.32 Å². The quantitative estimate of drug-likeness (QED) is 0.849. The van der Waals surface area contributed by atoms with Crippen LogP contribution in [0.1, 0.15) is 41.8 Å². The average Bonchev–Trinajstić information content (AvgIpc) is 2.80. The second kappa shape index (κ2) is 4.97. The summed E-state index contributed by atoms with van der Waals surface area (Å²) in [5.41, 5.74) is -0.675. The molecule has 1 saturated carbocycles. The standard InChI is InChI=1S/C12H17NO2S/c14-11(10-5-4-8-16-10)13-9-12(15)6-2-1-3-7-12/h4-5,8,15H,1-3,6-7,9H2,(H,13,14). The van der Waals surface area contributed by atoms with E-state index < -0.39 is 5.60 Å². The molecular weight excluding hydrogens is 222 g/mol. The van der Waals surface area contributed by atoms with E-state index in [0.717, 1.165) is 25.7 Å². The zero-order valence-electron chi connectivity index (χ0n) is 9.24. The molecule has 3 nitrogen and oxygen atoms in total. The van der Waals surface area contributed by atoms with Gasteiger partial charge in [0.05, 0.1) is 10.5 Å². The Bertz CT molecular complexity index is 342. The molecule has 0 unspecified atom stereocenters. The van der Waals surface area contributed by atoms with Gasteiger partial charge in [-0.2, -0.15) is 0 Å². The van der Waals surface area contributed by atoms with Crippen molar-refractivity contribution in [3.63, 3.8) is 0 Å². The van der Waals surface area contributed by atoms with Crippen LogP contribution in [-0.2, 0) is 0 Å². The van der Waals surface area contributed by atoms with Crippen LogP contribution in [-0.4, -0.2) is 23.2 Å². The summed E-state index contributed by atoms with van der Waals surface area (Å²) in [7, 11) is 0. The van der Waals surface area contributed by atoms with Crippen LogP contribution in [0.25, 0.3) is 0 Å². The predicted molar refractivity (Wildman–Crippen MR) is 64.7 cm³/mol. The predicted octanol–water partition coefficient (Wildman–Crippen LogP) is 2.17. The smallest absolute Gasteiger partial charge is 0.261 e. The third-order valence-corrected chi connectivity index (χ3v) is 3.98. The van der Waals surface area contributed by atoms with E-state index in [-0.39, 0.29) is 5.91 Å². The molecule has 1 aliphatic carbocycles. The molecule has 1 aromatic heterocycles. The molecule has 0 atom stereocenters. The van der Waals surface area contributed by atoms with Crippen molar-refractivity contribution in [2.24, 2.45) is 0 Å². The summed E-state index contributed by atoms with van der Waals surface area (Å²) in [5, 5.41) is 14.9. The van der Waals surface area contributed by atoms with Crippen molar-refractivity contribution in [2.75, 3.05) is 6.54 Å². The molecule has 16 heavy (non-hydrogen) atoms. The first-order valence-corrected chi connectivity index (χ1v) is 6.62. The Kier molecular flexibility index (Phi) is 3.61. The molecule has 0 aromatic carbocycles. The molecule has 0 aliphatic heterocycles. The molecule has 1 fully saturated rings. The van der Waals surface area contributed by atoms with Crippen LogP contribution in [0.5, 0.6) is 0 Å². The largest absolute Gasteiger partial charge is 0.388 e. The summed E-state index contributed by atoms with van der Waals surface area (Å²) in [6, 6.07) is 3.65. The zero-order chi connectivity index (χ0) is 11.4.